The van der Waals surface area contributed by atoms with Gasteiger partial charge in [-0.3, -0.25) is 4.55 Å². The fourth-order valence-corrected chi connectivity index (χ4v) is 3.38. The highest BCUT2D eigenvalue weighted by Crippen LogP contribution is 2.28. The van der Waals surface area contributed by atoms with Crippen molar-refractivity contribution in [1.82, 2.24) is 0 Å². The second kappa shape index (κ2) is 10.7. The summed E-state index contributed by atoms with van der Waals surface area (Å²) in [6.07, 6.45) is 1.20. The average molecular weight is 475 g/mol. The molecular weight excluding hydrogens is 454 g/mol. The number of ether oxygens (including phenoxy) is 2. The first kappa shape index (κ1) is 23.9. The molecule has 12 heteroatoms. The molecule has 0 amide bonds. The van der Waals surface area contributed by atoms with Gasteiger partial charge in [0, 0.05) is 40.6 Å². The molecule has 2 aromatic carbocycles. The quantitative estimate of drug-likeness (QED) is 0.107. The molecule has 3 rings (SSSR count). The van der Waals surface area contributed by atoms with Crippen molar-refractivity contribution in [2.24, 2.45) is 5.11 Å². The van der Waals surface area contributed by atoms with Gasteiger partial charge in [0.1, 0.15) is 29.4 Å². The Kier molecular flexibility index (Phi) is 7.78. The van der Waals surface area contributed by atoms with Crippen LogP contribution < -0.4 is 19.3 Å². The number of hydrogen-bond acceptors (Lipinski definition) is 8. The van der Waals surface area contributed by atoms with Crippen LogP contribution in [-0.2, 0) is 17.0 Å². The van der Waals surface area contributed by atoms with E-state index in [0.29, 0.717) is 42.0 Å². The molecule has 3 aromatic rings. The van der Waals surface area contributed by atoms with E-state index in [2.05, 4.69) is 14.2 Å². The summed E-state index contributed by atoms with van der Waals surface area (Å²) < 4.78 is 52.2. The zero-order valence-electron chi connectivity index (χ0n) is 17.6. The van der Waals surface area contributed by atoms with E-state index in [0.717, 1.165) is 10.9 Å². The van der Waals surface area contributed by atoms with Crippen molar-refractivity contribution in [3.05, 3.63) is 74.5 Å². The molecule has 0 atom stereocenters. The van der Waals surface area contributed by atoms with Crippen molar-refractivity contribution >= 4 is 21.4 Å². The van der Waals surface area contributed by atoms with Crippen molar-refractivity contribution in [1.29, 1.82) is 0 Å². The van der Waals surface area contributed by atoms with Crippen LogP contribution in [0.4, 0.5) is 0 Å². The monoisotopic (exact) mass is 475 g/mol. The predicted molar refractivity (Wildman–Crippen MR) is 119 cm³/mol. The lowest BCUT2D eigenvalue weighted by Gasteiger charge is -2.14. The van der Waals surface area contributed by atoms with E-state index in [9.17, 15) is 13.2 Å². The molecule has 0 radical (unpaired) electrons. The topological polar surface area (TPSA) is 161 Å². The molecule has 174 valence electrons. The molecular formula is C21H21N3O8S. The summed E-state index contributed by atoms with van der Waals surface area (Å²) in [4.78, 5) is 14.3. The van der Waals surface area contributed by atoms with Gasteiger partial charge in [0.05, 0.1) is 6.61 Å². The largest absolute Gasteiger partial charge is 0.493 e. The second-order valence-electron chi connectivity index (χ2n) is 6.99. The molecule has 0 saturated carbocycles. The van der Waals surface area contributed by atoms with Crippen molar-refractivity contribution in [3.63, 3.8) is 0 Å². The summed E-state index contributed by atoms with van der Waals surface area (Å²) in [5, 5.41) is 4.24. The SMILES string of the molecule is Cc1cc(=O)oc2cc(OCc3ccc(OS(=O)(=O)O)cc3OCCCCN=[N+]=[N-])ccc12. The third kappa shape index (κ3) is 7.14. The molecule has 1 heterocycles. The van der Waals surface area contributed by atoms with Gasteiger partial charge in [-0.1, -0.05) is 5.11 Å². The molecule has 1 N–H and O–H groups in total. The third-order valence-electron chi connectivity index (χ3n) is 4.53. The minimum Gasteiger partial charge on any atom is -0.493 e. The maximum Gasteiger partial charge on any atom is 0.446 e. The lowest BCUT2D eigenvalue weighted by molar-refractivity contribution is 0.275. The number of unbranched alkanes of at least 4 members (excludes halogenated alkanes) is 1. The first-order chi connectivity index (χ1) is 15.7. The standard InChI is InChI=1S/C21H21N3O8S/c1-14-10-21(25)31-20-11-16(6-7-18(14)20)30-13-15-4-5-17(32-33(26,27)28)12-19(15)29-9-3-2-8-23-24-22/h4-7,10-12H,2-3,8-9,13H2,1H3,(H,26,27,28). The van der Waals surface area contributed by atoms with Crippen molar-refractivity contribution in [3.8, 4) is 17.2 Å². The van der Waals surface area contributed by atoms with Crippen LogP contribution in [0.2, 0.25) is 0 Å². The Hall–Kier alpha value is -3.73. The van der Waals surface area contributed by atoms with Gasteiger partial charge >= 0.3 is 16.0 Å². The Morgan fingerprint density at radius 2 is 1.88 bits per heavy atom. The minimum atomic E-state index is -4.69. The zero-order valence-corrected chi connectivity index (χ0v) is 18.4. The molecule has 1 aromatic heterocycles. The van der Waals surface area contributed by atoms with E-state index in [1.54, 1.807) is 24.3 Å². The Bertz CT molecular complexity index is 1350. The summed E-state index contributed by atoms with van der Waals surface area (Å²) in [5.41, 5.74) is 9.62. The predicted octanol–water partition coefficient (Wildman–Crippen LogP) is 4.33. The molecule has 0 aliphatic heterocycles. The maximum absolute atomic E-state index is 11.6. The Balaban J connectivity index is 1.76. The van der Waals surface area contributed by atoms with Crippen LogP contribution >= 0.6 is 0 Å². The van der Waals surface area contributed by atoms with Crippen LogP contribution in [0.5, 0.6) is 17.2 Å². The lowest BCUT2D eigenvalue weighted by atomic mass is 10.1. The first-order valence-electron chi connectivity index (χ1n) is 9.86. The molecule has 0 unspecified atom stereocenters. The summed E-state index contributed by atoms with van der Waals surface area (Å²) >= 11 is 0. The van der Waals surface area contributed by atoms with E-state index >= 15 is 0 Å². The minimum absolute atomic E-state index is 0.0573. The van der Waals surface area contributed by atoms with Crippen LogP contribution in [0, 0.1) is 6.92 Å². The zero-order chi connectivity index (χ0) is 23.8. The highest BCUT2D eigenvalue weighted by molar-refractivity contribution is 7.81. The van der Waals surface area contributed by atoms with Crippen LogP contribution in [-0.4, -0.2) is 26.1 Å². The normalized spacial score (nSPS) is 11.1. The van der Waals surface area contributed by atoms with Crippen LogP contribution in [0.1, 0.15) is 24.0 Å². The van der Waals surface area contributed by atoms with Gasteiger partial charge in [-0.2, -0.15) is 8.42 Å². The van der Waals surface area contributed by atoms with Crippen molar-refractivity contribution < 1.29 is 31.0 Å². The molecule has 0 saturated heterocycles. The Morgan fingerprint density at radius 1 is 1.09 bits per heavy atom. The average Bonchev–Trinajstić information content (AvgIpc) is 2.74. The number of azide groups is 1. The Labute approximate surface area is 189 Å². The fraction of sp³-hybridized carbons (Fsp3) is 0.286. The number of nitrogens with zero attached hydrogens (tertiary/aromatic N) is 3. The van der Waals surface area contributed by atoms with Gasteiger partial charge in [-0.15, -0.1) is 0 Å². The van der Waals surface area contributed by atoms with Gasteiger partial charge in [-0.25, -0.2) is 4.79 Å². The molecule has 0 fully saturated rings. The van der Waals surface area contributed by atoms with E-state index in [1.807, 2.05) is 6.92 Å². The maximum atomic E-state index is 11.6. The van der Waals surface area contributed by atoms with Crippen molar-refractivity contribution in [2.45, 2.75) is 26.4 Å². The number of aryl methyl sites for hydroxylation is 1. The van der Waals surface area contributed by atoms with Gasteiger partial charge in [-0.05, 0) is 55.1 Å². The van der Waals surface area contributed by atoms with Crippen molar-refractivity contribution in [2.75, 3.05) is 13.2 Å². The molecule has 0 aliphatic carbocycles. The molecule has 11 nitrogen and oxygen atoms in total. The van der Waals surface area contributed by atoms with E-state index in [1.165, 1.54) is 18.2 Å². The summed E-state index contributed by atoms with van der Waals surface area (Å²) in [7, 11) is -4.69. The van der Waals surface area contributed by atoms with Gasteiger partial charge in [0.25, 0.3) is 0 Å². The molecule has 0 spiro atoms. The lowest BCUT2D eigenvalue weighted by Crippen LogP contribution is -2.08. The third-order valence-corrected chi connectivity index (χ3v) is 4.93. The second-order valence-corrected chi connectivity index (χ2v) is 8.01. The Morgan fingerprint density at radius 3 is 2.64 bits per heavy atom. The van der Waals surface area contributed by atoms with Crippen LogP contribution in [0.3, 0.4) is 0 Å². The summed E-state index contributed by atoms with van der Waals surface area (Å²) in [5.74, 6) is 0.617. The smallest absolute Gasteiger partial charge is 0.446 e. The highest BCUT2D eigenvalue weighted by atomic mass is 32.3. The molecule has 33 heavy (non-hydrogen) atoms. The number of benzene rings is 2. The fourth-order valence-electron chi connectivity index (χ4n) is 3.03. The van der Waals surface area contributed by atoms with E-state index in [-0.39, 0.29) is 19.0 Å². The van der Waals surface area contributed by atoms with E-state index < -0.39 is 16.0 Å². The highest BCUT2D eigenvalue weighted by Gasteiger charge is 2.13. The number of rotatable bonds is 11. The molecule has 0 aliphatic rings. The van der Waals surface area contributed by atoms with Crippen LogP contribution in [0.15, 0.2) is 56.8 Å². The van der Waals surface area contributed by atoms with Gasteiger partial charge in [0.2, 0.25) is 0 Å². The number of fused-ring (bicyclic) bond motifs is 1. The number of hydrogen-bond donors (Lipinski definition) is 1. The van der Waals surface area contributed by atoms with Gasteiger partial charge in [0.15, 0.2) is 0 Å². The molecule has 0 bridgehead atoms. The summed E-state index contributed by atoms with van der Waals surface area (Å²) in [6.45, 7) is 2.47. The van der Waals surface area contributed by atoms with Crippen LogP contribution in [0.25, 0.3) is 21.4 Å². The van der Waals surface area contributed by atoms with E-state index in [4.69, 9.17) is 24.0 Å². The first-order valence-corrected chi connectivity index (χ1v) is 11.2. The summed E-state index contributed by atoms with van der Waals surface area (Å²) in [6, 6.07) is 10.8. The van der Waals surface area contributed by atoms with Gasteiger partial charge < -0.3 is 18.1 Å².